The van der Waals surface area contributed by atoms with Gasteiger partial charge in [-0.3, -0.25) is 4.79 Å². The van der Waals surface area contributed by atoms with Crippen LogP contribution in [-0.2, 0) is 4.79 Å². The third-order valence-corrected chi connectivity index (χ3v) is 5.13. The fraction of sp³-hybridized carbons (Fsp3) is 0.190. The highest BCUT2D eigenvalue weighted by Gasteiger charge is 2.29. The third-order valence-electron chi connectivity index (χ3n) is 4.64. The first-order chi connectivity index (χ1) is 12.2. The lowest BCUT2D eigenvalue weighted by Gasteiger charge is -2.28. The van der Waals surface area contributed by atoms with E-state index in [1.165, 1.54) is 0 Å². The van der Waals surface area contributed by atoms with Gasteiger partial charge in [0.05, 0.1) is 12.3 Å². The van der Waals surface area contributed by atoms with Gasteiger partial charge in [0, 0.05) is 27.8 Å². The maximum atomic E-state index is 12.4. The van der Waals surface area contributed by atoms with Crippen molar-refractivity contribution >= 4 is 38.3 Å². The minimum absolute atomic E-state index is 0.0209. The minimum atomic E-state index is -0.0209. The van der Waals surface area contributed by atoms with E-state index in [4.69, 9.17) is 4.74 Å². The maximum Gasteiger partial charge on any atom is 0.225 e. The molecule has 1 N–H and O–H groups in total. The Hall–Kier alpha value is -2.33. The molecule has 1 amide bonds. The van der Waals surface area contributed by atoms with Crippen molar-refractivity contribution in [2.24, 2.45) is 0 Å². The van der Waals surface area contributed by atoms with Gasteiger partial charge in [0.25, 0.3) is 0 Å². The second-order valence-corrected chi connectivity index (χ2v) is 7.09. The Morgan fingerprint density at radius 2 is 1.96 bits per heavy atom. The third kappa shape index (κ3) is 2.91. The molecule has 1 aliphatic rings. The number of benzene rings is 3. The second-order valence-electron chi connectivity index (χ2n) is 6.17. The first kappa shape index (κ1) is 16.2. The summed E-state index contributed by atoms with van der Waals surface area (Å²) in [7, 11) is 0. The van der Waals surface area contributed by atoms with Crippen LogP contribution in [0.2, 0.25) is 0 Å². The van der Waals surface area contributed by atoms with Crippen LogP contribution in [0.1, 0.15) is 30.4 Å². The van der Waals surface area contributed by atoms with Gasteiger partial charge < -0.3 is 10.1 Å². The average molecular weight is 396 g/mol. The van der Waals surface area contributed by atoms with E-state index in [9.17, 15) is 4.79 Å². The number of hydrogen-bond acceptors (Lipinski definition) is 2. The summed E-state index contributed by atoms with van der Waals surface area (Å²) in [6.07, 6.45) is 0.419. The van der Waals surface area contributed by atoms with E-state index in [1.54, 1.807) is 0 Å². The number of carbonyl (C=O) groups excluding carboxylic acids is 1. The second kappa shape index (κ2) is 6.52. The molecule has 4 heteroatoms. The Morgan fingerprint density at radius 1 is 1.12 bits per heavy atom. The normalized spacial score (nSPS) is 16.4. The predicted molar refractivity (Wildman–Crippen MR) is 104 cm³/mol. The number of rotatable bonds is 3. The Bertz CT molecular complexity index is 967. The van der Waals surface area contributed by atoms with Crippen molar-refractivity contribution in [1.29, 1.82) is 0 Å². The fourth-order valence-electron chi connectivity index (χ4n) is 3.56. The highest BCUT2D eigenvalue weighted by atomic mass is 79.9. The van der Waals surface area contributed by atoms with Gasteiger partial charge in [-0.05, 0) is 36.1 Å². The molecule has 4 rings (SSSR count). The van der Waals surface area contributed by atoms with Crippen LogP contribution in [0, 0.1) is 0 Å². The highest BCUT2D eigenvalue weighted by molar-refractivity contribution is 9.10. The van der Waals surface area contributed by atoms with Crippen LogP contribution >= 0.6 is 15.9 Å². The fourth-order valence-corrected chi connectivity index (χ4v) is 3.94. The molecular formula is C21H18BrNO2. The summed E-state index contributed by atoms with van der Waals surface area (Å²) in [6.45, 7) is 2.57. The first-order valence-electron chi connectivity index (χ1n) is 8.41. The highest BCUT2D eigenvalue weighted by Crippen LogP contribution is 2.44. The lowest BCUT2D eigenvalue weighted by molar-refractivity contribution is -0.116. The summed E-state index contributed by atoms with van der Waals surface area (Å²) >= 11 is 3.55. The SMILES string of the molecule is CCOc1ccc(Br)cc1[C@H]1CC(=O)Nc2c1ccc1ccccc21. The number of nitrogens with one attached hydrogen (secondary N) is 1. The molecule has 3 aromatic rings. The van der Waals surface area contributed by atoms with Gasteiger partial charge in [0.2, 0.25) is 5.91 Å². The zero-order valence-electron chi connectivity index (χ0n) is 13.9. The molecule has 3 aromatic carbocycles. The lowest BCUT2D eigenvalue weighted by atomic mass is 9.83. The van der Waals surface area contributed by atoms with Crippen LogP contribution in [0.4, 0.5) is 5.69 Å². The largest absolute Gasteiger partial charge is 0.494 e. The molecule has 25 heavy (non-hydrogen) atoms. The molecule has 126 valence electrons. The first-order valence-corrected chi connectivity index (χ1v) is 9.20. The molecule has 0 fully saturated rings. The zero-order valence-corrected chi connectivity index (χ0v) is 15.5. The summed E-state index contributed by atoms with van der Waals surface area (Å²) in [5, 5.41) is 5.28. The predicted octanol–water partition coefficient (Wildman–Crippen LogP) is 5.48. The zero-order chi connectivity index (χ0) is 17.4. The van der Waals surface area contributed by atoms with E-state index in [0.717, 1.165) is 37.8 Å². The van der Waals surface area contributed by atoms with Gasteiger partial charge in [-0.2, -0.15) is 0 Å². The van der Waals surface area contributed by atoms with Gasteiger partial charge in [-0.15, -0.1) is 0 Å². The molecule has 0 radical (unpaired) electrons. The molecule has 0 bridgehead atoms. The van der Waals surface area contributed by atoms with Crippen molar-refractivity contribution in [2.45, 2.75) is 19.3 Å². The molecule has 0 saturated heterocycles. The van der Waals surface area contributed by atoms with Gasteiger partial charge >= 0.3 is 0 Å². The molecule has 0 saturated carbocycles. The van der Waals surface area contributed by atoms with Gasteiger partial charge in [0.15, 0.2) is 0 Å². The standard InChI is InChI=1S/C21H18BrNO2/c1-2-25-19-10-8-14(22)11-18(19)17-12-20(24)23-21-15-6-4-3-5-13(15)7-9-16(17)21/h3-11,17H,2,12H2,1H3,(H,23,24)/t17-/m0/s1. The van der Waals surface area contributed by atoms with Gasteiger partial charge in [-0.25, -0.2) is 0 Å². The molecule has 1 atom stereocenters. The van der Waals surface area contributed by atoms with E-state index in [0.29, 0.717) is 13.0 Å². The number of hydrogen-bond donors (Lipinski definition) is 1. The van der Waals surface area contributed by atoms with Crippen LogP contribution in [0.5, 0.6) is 5.75 Å². The Balaban J connectivity index is 1.93. The summed E-state index contributed by atoms with van der Waals surface area (Å²) in [4.78, 5) is 12.4. The number of fused-ring (bicyclic) bond motifs is 3. The van der Waals surface area contributed by atoms with Crippen molar-refractivity contribution in [2.75, 3.05) is 11.9 Å². The van der Waals surface area contributed by atoms with Crippen molar-refractivity contribution in [3.63, 3.8) is 0 Å². The van der Waals surface area contributed by atoms with Crippen molar-refractivity contribution in [3.8, 4) is 5.75 Å². The van der Waals surface area contributed by atoms with E-state index in [1.807, 2.05) is 31.2 Å². The Kier molecular flexibility index (Phi) is 4.22. The molecule has 0 aromatic heterocycles. The smallest absolute Gasteiger partial charge is 0.225 e. The molecular weight excluding hydrogens is 378 g/mol. The summed E-state index contributed by atoms with van der Waals surface area (Å²) in [5.41, 5.74) is 3.10. The molecule has 1 heterocycles. The topological polar surface area (TPSA) is 38.3 Å². The molecule has 0 aliphatic carbocycles. The van der Waals surface area contributed by atoms with Crippen molar-refractivity contribution in [1.82, 2.24) is 0 Å². The quantitative estimate of drug-likeness (QED) is 0.637. The van der Waals surface area contributed by atoms with Crippen molar-refractivity contribution in [3.05, 3.63) is 70.2 Å². The average Bonchev–Trinajstić information content (AvgIpc) is 2.62. The number of carbonyl (C=O) groups is 1. The minimum Gasteiger partial charge on any atom is -0.494 e. The lowest BCUT2D eigenvalue weighted by Crippen LogP contribution is -2.24. The van der Waals surface area contributed by atoms with E-state index in [-0.39, 0.29) is 11.8 Å². The number of halogens is 1. The Morgan fingerprint density at radius 3 is 2.80 bits per heavy atom. The van der Waals surface area contributed by atoms with Crippen LogP contribution in [0.15, 0.2) is 59.1 Å². The van der Waals surface area contributed by atoms with Gasteiger partial charge in [-0.1, -0.05) is 52.3 Å². The van der Waals surface area contributed by atoms with E-state index < -0.39 is 0 Å². The number of ether oxygens (including phenoxy) is 1. The van der Waals surface area contributed by atoms with Crippen LogP contribution in [-0.4, -0.2) is 12.5 Å². The van der Waals surface area contributed by atoms with Gasteiger partial charge in [0.1, 0.15) is 5.75 Å². The maximum absolute atomic E-state index is 12.4. The summed E-state index contributed by atoms with van der Waals surface area (Å²) in [5.74, 6) is 0.855. The number of anilines is 1. The molecule has 1 aliphatic heterocycles. The van der Waals surface area contributed by atoms with Crippen LogP contribution in [0.3, 0.4) is 0 Å². The Labute approximate surface area is 155 Å². The van der Waals surface area contributed by atoms with E-state index in [2.05, 4.69) is 51.6 Å². The molecule has 0 spiro atoms. The number of amides is 1. The van der Waals surface area contributed by atoms with Crippen LogP contribution < -0.4 is 10.1 Å². The van der Waals surface area contributed by atoms with Crippen LogP contribution in [0.25, 0.3) is 10.8 Å². The summed E-state index contributed by atoms with van der Waals surface area (Å²) < 4.78 is 6.82. The molecule has 0 unspecified atom stereocenters. The van der Waals surface area contributed by atoms with Crippen molar-refractivity contribution < 1.29 is 9.53 Å². The summed E-state index contributed by atoms with van der Waals surface area (Å²) in [6, 6.07) is 18.4. The monoisotopic (exact) mass is 395 g/mol. The molecule has 3 nitrogen and oxygen atoms in total. The van der Waals surface area contributed by atoms with E-state index >= 15 is 0 Å².